The van der Waals surface area contributed by atoms with Crippen molar-refractivity contribution < 1.29 is 9.47 Å². The van der Waals surface area contributed by atoms with Crippen molar-refractivity contribution in [2.24, 2.45) is 0 Å². The van der Waals surface area contributed by atoms with E-state index in [9.17, 15) is 0 Å². The van der Waals surface area contributed by atoms with Gasteiger partial charge in [0.1, 0.15) is 19.0 Å². The molecule has 2 heterocycles. The fourth-order valence-corrected chi connectivity index (χ4v) is 2.55. The van der Waals surface area contributed by atoms with E-state index in [0.29, 0.717) is 19.0 Å². The lowest BCUT2D eigenvalue weighted by atomic mass is 10.1. The largest absolute Gasteiger partial charge is 0.486 e. The van der Waals surface area contributed by atoms with Crippen LogP contribution in [0.25, 0.3) is 11.4 Å². The number of nitrogens with zero attached hydrogens (tertiary/aromatic N) is 2. The number of benzene rings is 1. The standard InChI is InChI=1S/C14H14IN3O2/c1-8-12(15)14(16-2)18-13(17-8)9-3-4-10-11(7-9)20-6-5-19-10/h3-4,7H,5-6H2,1-2H3,(H,16,17,18). The maximum Gasteiger partial charge on any atom is 0.162 e. The van der Waals surface area contributed by atoms with Crippen molar-refractivity contribution >= 4 is 28.4 Å². The Hall–Kier alpha value is -1.57. The van der Waals surface area contributed by atoms with E-state index in [2.05, 4.69) is 37.9 Å². The second-order valence-corrected chi connectivity index (χ2v) is 5.48. The molecule has 104 valence electrons. The Morgan fingerprint density at radius 2 is 1.90 bits per heavy atom. The number of aromatic nitrogens is 2. The molecule has 20 heavy (non-hydrogen) atoms. The van der Waals surface area contributed by atoms with Gasteiger partial charge < -0.3 is 14.8 Å². The lowest BCUT2D eigenvalue weighted by Crippen LogP contribution is -2.15. The quantitative estimate of drug-likeness (QED) is 0.809. The summed E-state index contributed by atoms with van der Waals surface area (Å²) in [5, 5.41) is 3.09. The summed E-state index contributed by atoms with van der Waals surface area (Å²) in [5.41, 5.74) is 1.88. The molecule has 1 aliphatic rings. The fraction of sp³-hybridized carbons (Fsp3) is 0.286. The Bertz CT molecular complexity index is 661. The molecule has 0 saturated carbocycles. The molecule has 3 rings (SSSR count). The second kappa shape index (κ2) is 5.43. The Morgan fingerprint density at radius 1 is 1.15 bits per heavy atom. The van der Waals surface area contributed by atoms with Crippen molar-refractivity contribution in [2.75, 3.05) is 25.6 Å². The van der Waals surface area contributed by atoms with Gasteiger partial charge >= 0.3 is 0 Å². The number of anilines is 1. The van der Waals surface area contributed by atoms with E-state index in [4.69, 9.17) is 9.47 Å². The lowest BCUT2D eigenvalue weighted by Gasteiger charge is -2.18. The van der Waals surface area contributed by atoms with Gasteiger partial charge in [-0.05, 0) is 47.7 Å². The van der Waals surface area contributed by atoms with Crippen molar-refractivity contribution in [1.29, 1.82) is 0 Å². The molecule has 0 radical (unpaired) electrons. The van der Waals surface area contributed by atoms with E-state index in [1.165, 1.54) is 0 Å². The van der Waals surface area contributed by atoms with Crippen LogP contribution in [0.4, 0.5) is 5.82 Å². The molecule has 0 aliphatic carbocycles. The summed E-state index contributed by atoms with van der Waals surface area (Å²) >= 11 is 2.24. The first-order valence-corrected chi connectivity index (χ1v) is 7.39. The molecule has 2 aromatic rings. The van der Waals surface area contributed by atoms with Crippen molar-refractivity contribution in [3.63, 3.8) is 0 Å². The van der Waals surface area contributed by atoms with Gasteiger partial charge in [-0.25, -0.2) is 9.97 Å². The molecule has 0 atom stereocenters. The monoisotopic (exact) mass is 383 g/mol. The highest BCUT2D eigenvalue weighted by molar-refractivity contribution is 14.1. The number of ether oxygens (including phenoxy) is 2. The van der Waals surface area contributed by atoms with E-state index >= 15 is 0 Å². The van der Waals surface area contributed by atoms with E-state index < -0.39 is 0 Å². The minimum absolute atomic E-state index is 0.574. The molecule has 0 unspecified atom stereocenters. The Balaban J connectivity index is 2.07. The number of rotatable bonds is 2. The molecular formula is C14H14IN3O2. The summed E-state index contributed by atoms with van der Waals surface area (Å²) in [7, 11) is 1.86. The molecular weight excluding hydrogens is 369 g/mol. The molecule has 0 spiro atoms. The van der Waals surface area contributed by atoms with E-state index in [0.717, 1.165) is 32.1 Å². The molecule has 0 bridgehead atoms. The molecule has 0 saturated heterocycles. The first-order valence-electron chi connectivity index (χ1n) is 6.31. The van der Waals surface area contributed by atoms with Crippen molar-refractivity contribution in [3.05, 3.63) is 27.5 Å². The predicted octanol–water partition coefficient (Wildman–Crippen LogP) is 2.87. The van der Waals surface area contributed by atoms with Gasteiger partial charge in [-0.2, -0.15) is 0 Å². The second-order valence-electron chi connectivity index (χ2n) is 4.40. The summed E-state index contributed by atoms with van der Waals surface area (Å²) in [6, 6.07) is 5.78. The molecule has 6 heteroatoms. The SMILES string of the molecule is CNc1nc(-c2ccc3c(c2)OCCO3)nc(C)c1I. The number of halogens is 1. The van der Waals surface area contributed by atoms with Crippen LogP contribution in [0.3, 0.4) is 0 Å². The lowest BCUT2D eigenvalue weighted by molar-refractivity contribution is 0.171. The smallest absolute Gasteiger partial charge is 0.162 e. The molecule has 1 aromatic heterocycles. The first kappa shape index (κ1) is 13.4. The number of fused-ring (bicyclic) bond motifs is 1. The van der Waals surface area contributed by atoms with Crippen LogP contribution in [-0.2, 0) is 0 Å². The van der Waals surface area contributed by atoms with Gasteiger partial charge in [-0.1, -0.05) is 0 Å². The molecule has 1 N–H and O–H groups in total. The first-order chi connectivity index (χ1) is 9.69. The predicted molar refractivity (Wildman–Crippen MR) is 85.5 cm³/mol. The highest BCUT2D eigenvalue weighted by Crippen LogP contribution is 2.34. The third-order valence-corrected chi connectivity index (χ3v) is 4.35. The Morgan fingerprint density at radius 3 is 2.65 bits per heavy atom. The average molecular weight is 383 g/mol. The van der Waals surface area contributed by atoms with Gasteiger partial charge in [0.2, 0.25) is 0 Å². The highest BCUT2D eigenvalue weighted by atomic mass is 127. The van der Waals surface area contributed by atoms with Crippen LogP contribution in [0.5, 0.6) is 11.5 Å². The third-order valence-electron chi connectivity index (χ3n) is 3.05. The van der Waals surface area contributed by atoms with Crippen LogP contribution in [-0.4, -0.2) is 30.2 Å². The topological polar surface area (TPSA) is 56.3 Å². The van der Waals surface area contributed by atoms with E-state index in [1.807, 2.05) is 32.2 Å². The van der Waals surface area contributed by atoms with Crippen molar-refractivity contribution in [2.45, 2.75) is 6.92 Å². The highest BCUT2D eigenvalue weighted by Gasteiger charge is 2.15. The third kappa shape index (κ3) is 2.39. The normalized spacial score (nSPS) is 13.2. The minimum atomic E-state index is 0.574. The molecule has 0 fully saturated rings. The summed E-state index contributed by atoms with van der Waals surface area (Å²) in [4.78, 5) is 9.09. The molecule has 1 aliphatic heterocycles. The fourth-order valence-electron chi connectivity index (χ4n) is 2.04. The number of hydrogen-bond acceptors (Lipinski definition) is 5. The summed E-state index contributed by atoms with van der Waals surface area (Å²) in [6.07, 6.45) is 0. The van der Waals surface area contributed by atoms with Crippen LogP contribution < -0.4 is 14.8 Å². The zero-order chi connectivity index (χ0) is 14.1. The number of hydrogen-bond donors (Lipinski definition) is 1. The van der Waals surface area contributed by atoms with Crippen LogP contribution in [0, 0.1) is 10.5 Å². The zero-order valence-electron chi connectivity index (χ0n) is 11.2. The summed E-state index contributed by atoms with van der Waals surface area (Å²) < 4.78 is 12.2. The van der Waals surface area contributed by atoms with Gasteiger partial charge in [-0.15, -0.1) is 0 Å². The van der Waals surface area contributed by atoms with Crippen molar-refractivity contribution in [3.8, 4) is 22.9 Å². The maximum absolute atomic E-state index is 5.60. The molecule has 5 nitrogen and oxygen atoms in total. The van der Waals surface area contributed by atoms with Gasteiger partial charge in [0.15, 0.2) is 17.3 Å². The minimum Gasteiger partial charge on any atom is -0.486 e. The molecule has 0 amide bonds. The van der Waals surface area contributed by atoms with Crippen molar-refractivity contribution in [1.82, 2.24) is 9.97 Å². The van der Waals surface area contributed by atoms with Crippen LogP contribution in [0.1, 0.15) is 5.69 Å². The van der Waals surface area contributed by atoms with Crippen LogP contribution in [0.2, 0.25) is 0 Å². The Kier molecular flexibility index (Phi) is 3.64. The summed E-state index contributed by atoms with van der Waals surface area (Å²) in [5.74, 6) is 3.04. The van der Waals surface area contributed by atoms with Gasteiger partial charge in [-0.3, -0.25) is 0 Å². The summed E-state index contributed by atoms with van der Waals surface area (Å²) in [6.45, 7) is 3.14. The number of nitrogens with one attached hydrogen (secondary N) is 1. The Labute approximate surface area is 130 Å². The van der Waals surface area contributed by atoms with E-state index in [-0.39, 0.29) is 0 Å². The van der Waals surface area contributed by atoms with Crippen LogP contribution in [0.15, 0.2) is 18.2 Å². The van der Waals surface area contributed by atoms with Crippen LogP contribution >= 0.6 is 22.6 Å². The van der Waals surface area contributed by atoms with Gasteiger partial charge in [0.05, 0.1) is 9.26 Å². The van der Waals surface area contributed by atoms with Gasteiger partial charge in [0.25, 0.3) is 0 Å². The van der Waals surface area contributed by atoms with E-state index in [1.54, 1.807) is 0 Å². The van der Waals surface area contributed by atoms with Gasteiger partial charge in [0, 0.05) is 12.6 Å². The zero-order valence-corrected chi connectivity index (χ0v) is 13.4. The number of aryl methyl sites for hydroxylation is 1. The average Bonchev–Trinajstić information content (AvgIpc) is 2.49. The maximum atomic E-state index is 5.60. The molecule has 1 aromatic carbocycles.